The molecule has 0 bridgehead atoms. The van der Waals surface area contributed by atoms with Gasteiger partial charge in [-0.2, -0.15) is 0 Å². The molecule has 1 amide bonds. The van der Waals surface area contributed by atoms with E-state index in [1.54, 1.807) is 23.9 Å². The predicted molar refractivity (Wildman–Crippen MR) is 98.0 cm³/mol. The molecule has 0 aliphatic carbocycles. The van der Waals surface area contributed by atoms with Crippen LogP contribution in [0.4, 0.5) is 4.39 Å². The third kappa shape index (κ3) is 6.36. The molecule has 0 radical (unpaired) electrons. The van der Waals surface area contributed by atoms with Crippen molar-refractivity contribution >= 4 is 33.6 Å². The summed E-state index contributed by atoms with van der Waals surface area (Å²) in [5.74, 6) is 0.592. The fourth-order valence-corrected chi connectivity index (χ4v) is 3.35. The molecule has 0 saturated carbocycles. The van der Waals surface area contributed by atoms with Crippen LogP contribution >= 0.6 is 27.7 Å². The third-order valence-corrected chi connectivity index (χ3v) is 5.09. The Morgan fingerprint density at radius 3 is 2.65 bits per heavy atom. The summed E-state index contributed by atoms with van der Waals surface area (Å²) in [5, 5.41) is 2.82. The maximum Gasteiger partial charge on any atom is 0.232 e. The number of hydrogen-bond donors (Lipinski definition) is 1. The van der Waals surface area contributed by atoms with E-state index in [1.807, 2.05) is 19.1 Å². The summed E-state index contributed by atoms with van der Waals surface area (Å²) in [6, 6.07) is 14.5. The molecule has 0 saturated heterocycles. The van der Waals surface area contributed by atoms with Crippen LogP contribution in [0.1, 0.15) is 18.1 Å². The lowest BCUT2D eigenvalue weighted by Gasteiger charge is -2.12. The standard InChI is InChI=1S/C18H19BrFNOS/c1-13(23-12-15-3-2-4-16(19)11-15)18(22)21-10-9-14-5-7-17(20)8-6-14/h2-8,11,13H,9-10,12H2,1H3,(H,21,22). The van der Waals surface area contributed by atoms with E-state index >= 15 is 0 Å². The minimum Gasteiger partial charge on any atom is -0.355 e. The van der Waals surface area contributed by atoms with Crippen LogP contribution in [0.15, 0.2) is 53.0 Å². The van der Waals surface area contributed by atoms with Gasteiger partial charge in [0.15, 0.2) is 0 Å². The van der Waals surface area contributed by atoms with Crippen LogP contribution in [0.25, 0.3) is 0 Å². The van der Waals surface area contributed by atoms with Crippen molar-refractivity contribution in [3.63, 3.8) is 0 Å². The Balaban J connectivity index is 1.71. The number of nitrogens with one attached hydrogen (secondary N) is 1. The third-order valence-electron chi connectivity index (χ3n) is 3.38. The van der Waals surface area contributed by atoms with E-state index < -0.39 is 0 Å². The summed E-state index contributed by atoms with van der Waals surface area (Å²) >= 11 is 5.06. The Bertz CT molecular complexity index is 648. The highest BCUT2D eigenvalue weighted by atomic mass is 79.9. The fourth-order valence-electron chi connectivity index (χ4n) is 2.05. The molecule has 2 rings (SSSR count). The van der Waals surface area contributed by atoms with Crippen LogP contribution < -0.4 is 5.32 Å². The zero-order chi connectivity index (χ0) is 16.7. The first-order valence-corrected chi connectivity index (χ1v) is 9.27. The Morgan fingerprint density at radius 1 is 1.22 bits per heavy atom. The molecule has 2 nitrogen and oxygen atoms in total. The summed E-state index contributed by atoms with van der Waals surface area (Å²) in [5.41, 5.74) is 2.21. The number of carbonyl (C=O) groups excluding carboxylic acids is 1. The van der Waals surface area contributed by atoms with Crippen LogP contribution in [0.3, 0.4) is 0 Å². The number of thioether (sulfide) groups is 1. The zero-order valence-electron chi connectivity index (χ0n) is 12.9. The molecule has 23 heavy (non-hydrogen) atoms. The van der Waals surface area contributed by atoms with Gasteiger partial charge in [-0.3, -0.25) is 4.79 Å². The van der Waals surface area contributed by atoms with Crippen molar-refractivity contribution in [1.29, 1.82) is 0 Å². The van der Waals surface area contributed by atoms with Crippen LogP contribution in [0.2, 0.25) is 0 Å². The molecule has 1 N–H and O–H groups in total. The smallest absolute Gasteiger partial charge is 0.232 e. The lowest BCUT2D eigenvalue weighted by Crippen LogP contribution is -2.32. The van der Waals surface area contributed by atoms with Crippen molar-refractivity contribution in [2.24, 2.45) is 0 Å². The molecule has 122 valence electrons. The van der Waals surface area contributed by atoms with E-state index in [-0.39, 0.29) is 17.0 Å². The largest absolute Gasteiger partial charge is 0.355 e. The molecule has 5 heteroatoms. The van der Waals surface area contributed by atoms with Gasteiger partial charge in [0, 0.05) is 16.8 Å². The molecule has 2 aromatic rings. The first-order valence-electron chi connectivity index (χ1n) is 7.43. The van der Waals surface area contributed by atoms with Crippen molar-refractivity contribution < 1.29 is 9.18 Å². The average Bonchev–Trinajstić information content (AvgIpc) is 2.54. The van der Waals surface area contributed by atoms with E-state index in [0.717, 1.165) is 15.8 Å². The molecule has 0 aromatic heterocycles. The van der Waals surface area contributed by atoms with Crippen molar-refractivity contribution in [3.05, 3.63) is 69.9 Å². The van der Waals surface area contributed by atoms with Crippen molar-refractivity contribution in [3.8, 4) is 0 Å². The highest BCUT2D eigenvalue weighted by Crippen LogP contribution is 2.20. The minimum atomic E-state index is -0.240. The first kappa shape index (κ1) is 18.0. The summed E-state index contributed by atoms with van der Waals surface area (Å²) in [7, 11) is 0. The summed E-state index contributed by atoms with van der Waals surface area (Å²) in [4.78, 5) is 12.1. The average molecular weight is 396 g/mol. The highest BCUT2D eigenvalue weighted by molar-refractivity contribution is 9.10. The Kier molecular flexibility index (Phi) is 7.12. The fraction of sp³-hybridized carbons (Fsp3) is 0.278. The highest BCUT2D eigenvalue weighted by Gasteiger charge is 2.12. The topological polar surface area (TPSA) is 29.1 Å². The molecule has 0 fully saturated rings. The van der Waals surface area contributed by atoms with Gasteiger partial charge in [-0.1, -0.05) is 40.2 Å². The molecule has 0 aliphatic rings. The van der Waals surface area contributed by atoms with Crippen molar-refractivity contribution in [1.82, 2.24) is 5.32 Å². The lowest BCUT2D eigenvalue weighted by atomic mass is 10.1. The summed E-state index contributed by atoms with van der Waals surface area (Å²) < 4.78 is 13.9. The zero-order valence-corrected chi connectivity index (χ0v) is 15.3. The molecule has 2 aromatic carbocycles. The van der Waals surface area contributed by atoms with Crippen molar-refractivity contribution in [2.75, 3.05) is 6.54 Å². The number of rotatable bonds is 7. The van der Waals surface area contributed by atoms with Gasteiger partial charge in [0.1, 0.15) is 5.82 Å². The molecular formula is C18H19BrFNOS. The number of amides is 1. The van der Waals surface area contributed by atoms with Gasteiger partial charge in [0.2, 0.25) is 5.91 Å². The maximum atomic E-state index is 12.8. The van der Waals surface area contributed by atoms with Crippen LogP contribution in [0.5, 0.6) is 0 Å². The SMILES string of the molecule is CC(SCc1cccc(Br)c1)C(=O)NCCc1ccc(F)cc1. The van der Waals surface area contributed by atoms with E-state index in [1.165, 1.54) is 17.7 Å². The van der Waals surface area contributed by atoms with E-state index in [9.17, 15) is 9.18 Å². The van der Waals surface area contributed by atoms with Crippen LogP contribution in [-0.2, 0) is 17.0 Å². The number of halogens is 2. The normalized spacial score (nSPS) is 12.0. The second kappa shape index (κ2) is 9.08. The van der Waals surface area contributed by atoms with E-state index in [4.69, 9.17) is 0 Å². The van der Waals surface area contributed by atoms with Gasteiger partial charge in [0.25, 0.3) is 0 Å². The van der Waals surface area contributed by atoms with Gasteiger partial charge < -0.3 is 5.32 Å². The monoisotopic (exact) mass is 395 g/mol. The molecule has 1 unspecified atom stereocenters. The summed E-state index contributed by atoms with van der Waals surface area (Å²) in [6.07, 6.45) is 0.703. The van der Waals surface area contributed by atoms with Gasteiger partial charge in [-0.05, 0) is 48.7 Å². The summed E-state index contributed by atoms with van der Waals surface area (Å²) in [6.45, 7) is 2.47. The van der Waals surface area contributed by atoms with E-state index in [2.05, 4.69) is 33.4 Å². The molecule has 1 atom stereocenters. The second-order valence-electron chi connectivity index (χ2n) is 5.25. The van der Waals surface area contributed by atoms with Crippen LogP contribution in [-0.4, -0.2) is 17.7 Å². The Morgan fingerprint density at radius 2 is 1.96 bits per heavy atom. The number of benzene rings is 2. The molecule has 0 aliphatic heterocycles. The second-order valence-corrected chi connectivity index (χ2v) is 7.50. The van der Waals surface area contributed by atoms with Gasteiger partial charge in [-0.15, -0.1) is 11.8 Å². The predicted octanol–water partition coefficient (Wildman–Crippen LogP) is 4.57. The minimum absolute atomic E-state index is 0.0344. The Hall–Kier alpha value is -1.33. The van der Waals surface area contributed by atoms with E-state index in [0.29, 0.717) is 13.0 Å². The lowest BCUT2D eigenvalue weighted by molar-refractivity contribution is -0.120. The van der Waals surface area contributed by atoms with Crippen LogP contribution in [0, 0.1) is 5.82 Å². The van der Waals surface area contributed by atoms with Gasteiger partial charge in [-0.25, -0.2) is 4.39 Å². The number of hydrogen-bond acceptors (Lipinski definition) is 2. The van der Waals surface area contributed by atoms with Gasteiger partial charge >= 0.3 is 0 Å². The quantitative estimate of drug-likeness (QED) is 0.743. The molecule has 0 spiro atoms. The maximum absolute atomic E-state index is 12.8. The molecule has 0 heterocycles. The first-order chi connectivity index (χ1) is 11.0. The Labute approximate surface area is 149 Å². The van der Waals surface area contributed by atoms with Crippen molar-refractivity contribution in [2.45, 2.75) is 24.3 Å². The molecular weight excluding hydrogens is 377 g/mol. The number of carbonyl (C=O) groups is 1. The van der Waals surface area contributed by atoms with Gasteiger partial charge in [0.05, 0.1) is 5.25 Å².